The van der Waals surface area contributed by atoms with Crippen LogP contribution in [0.5, 0.6) is 11.5 Å². The van der Waals surface area contributed by atoms with Crippen LogP contribution in [0.4, 0.5) is 5.13 Å². The Kier molecular flexibility index (Phi) is 8.54. The van der Waals surface area contributed by atoms with E-state index < -0.39 is 5.97 Å². The molecule has 0 radical (unpaired) electrons. The van der Waals surface area contributed by atoms with Gasteiger partial charge in [-0.1, -0.05) is 17.7 Å². The first kappa shape index (κ1) is 23.9. The number of aryl methyl sites for hydroxylation is 1. The van der Waals surface area contributed by atoms with Crippen molar-refractivity contribution in [1.82, 2.24) is 4.98 Å². The smallest absolute Gasteiger partial charge is 0.343 e. The number of carbonyl (C=O) groups excluding carboxylic acids is 2. The molecule has 1 aromatic heterocycles. The van der Waals surface area contributed by atoms with Gasteiger partial charge in [-0.2, -0.15) is 5.10 Å². The van der Waals surface area contributed by atoms with Gasteiger partial charge in [0.05, 0.1) is 37.1 Å². The van der Waals surface area contributed by atoms with Crippen LogP contribution in [0.25, 0.3) is 0 Å². The van der Waals surface area contributed by atoms with Gasteiger partial charge in [0.15, 0.2) is 11.5 Å². The molecule has 1 heterocycles. The molecule has 0 aliphatic heterocycles. The molecule has 0 aliphatic carbocycles. The summed E-state index contributed by atoms with van der Waals surface area (Å²) in [6.45, 7) is 6.28. The number of hydrogen-bond donors (Lipinski definition) is 1. The minimum Gasteiger partial charge on any atom is -0.490 e. The Hall–Kier alpha value is -3.72. The Morgan fingerprint density at radius 1 is 1.12 bits per heavy atom. The molecule has 0 aliphatic rings. The van der Waals surface area contributed by atoms with E-state index in [4.69, 9.17) is 14.2 Å². The summed E-state index contributed by atoms with van der Waals surface area (Å²) in [5.74, 6) is 0.0000403. The number of nitrogens with one attached hydrogen (secondary N) is 1. The molecule has 0 saturated carbocycles. The molecule has 3 aromatic rings. The van der Waals surface area contributed by atoms with E-state index in [0.717, 1.165) is 11.1 Å². The molecule has 0 fully saturated rings. The van der Waals surface area contributed by atoms with Gasteiger partial charge in [0, 0.05) is 5.38 Å². The summed E-state index contributed by atoms with van der Waals surface area (Å²) in [6, 6.07) is 12.4. The lowest BCUT2D eigenvalue weighted by atomic mass is 10.1. The predicted molar refractivity (Wildman–Crippen MR) is 127 cm³/mol. The quantitative estimate of drug-likeness (QED) is 0.201. The number of rotatable bonds is 10. The summed E-state index contributed by atoms with van der Waals surface area (Å²) in [5, 5.41) is 6.52. The largest absolute Gasteiger partial charge is 0.490 e. The van der Waals surface area contributed by atoms with Crippen LogP contribution < -0.4 is 14.9 Å². The highest BCUT2D eigenvalue weighted by molar-refractivity contribution is 7.13. The van der Waals surface area contributed by atoms with Crippen LogP contribution in [0.1, 0.15) is 41.0 Å². The molecular formula is C24H25N3O5S. The van der Waals surface area contributed by atoms with Crippen molar-refractivity contribution < 1.29 is 23.8 Å². The van der Waals surface area contributed by atoms with E-state index in [0.29, 0.717) is 41.1 Å². The number of esters is 2. The third-order valence-corrected chi connectivity index (χ3v) is 5.08. The SMILES string of the molecule is CCOC(=O)Cc1csc(NN=Cc2ccc(OC(=O)c3cccc(C)c3)c(OCC)c2)n1. The summed E-state index contributed by atoms with van der Waals surface area (Å²) >= 11 is 1.34. The summed E-state index contributed by atoms with van der Waals surface area (Å²) in [6.07, 6.45) is 1.72. The summed E-state index contributed by atoms with van der Waals surface area (Å²) < 4.78 is 16.1. The van der Waals surface area contributed by atoms with Crippen molar-refractivity contribution in [3.8, 4) is 11.5 Å². The first-order chi connectivity index (χ1) is 16.0. The number of hydrogen-bond acceptors (Lipinski definition) is 9. The van der Waals surface area contributed by atoms with Gasteiger partial charge in [-0.15, -0.1) is 11.3 Å². The molecule has 0 unspecified atom stereocenters. The molecule has 0 amide bonds. The maximum absolute atomic E-state index is 12.5. The van der Waals surface area contributed by atoms with E-state index in [9.17, 15) is 9.59 Å². The second-order valence-corrected chi connectivity index (χ2v) is 7.75. The van der Waals surface area contributed by atoms with Crippen LogP contribution in [0.15, 0.2) is 52.9 Å². The van der Waals surface area contributed by atoms with Gasteiger partial charge in [0.2, 0.25) is 5.13 Å². The number of ether oxygens (including phenoxy) is 3. The van der Waals surface area contributed by atoms with Gasteiger partial charge in [-0.05, 0) is 56.7 Å². The number of benzene rings is 2. The van der Waals surface area contributed by atoms with Gasteiger partial charge in [0.1, 0.15) is 0 Å². The highest BCUT2D eigenvalue weighted by Gasteiger charge is 2.13. The van der Waals surface area contributed by atoms with Crippen molar-refractivity contribution in [3.63, 3.8) is 0 Å². The molecule has 3 rings (SSSR count). The average Bonchev–Trinajstić information content (AvgIpc) is 3.22. The molecule has 33 heavy (non-hydrogen) atoms. The molecule has 172 valence electrons. The van der Waals surface area contributed by atoms with Crippen molar-refractivity contribution in [2.75, 3.05) is 18.6 Å². The minimum atomic E-state index is -0.454. The predicted octanol–water partition coefficient (Wildman–Crippen LogP) is 4.62. The molecule has 8 nitrogen and oxygen atoms in total. The van der Waals surface area contributed by atoms with E-state index in [2.05, 4.69) is 15.5 Å². The van der Waals surface area contributed by atoms with Crippen LogP contribution in [0.2, 0.25) is 0 Å². The molecule has 0 bridgehead atoms. The third-order valence-electron chi connectivity index (χ3n) is 4.28. The second-order valence-electron chi connectivity index (χ2n) is 6.89. The lowest BCUT2D eigenvalue weighted by Gasteiger charge is -2.11. The van der Waals surface area contributed by atoms with Crippen LogP contribution >= 0.6 is 11.3 Å². The zero-order valence-electron chi connectivity index (χ0n) is 18.7. The number of carbonyl (C=O) groups is 2. The fourth-order valence-corrected chi connectivity index (χ4v) is 3.51. The summed E-state index contributed by atoms with van der Waals surface area (Å²) in [7, 11) is 0. The Balaban J connectivity index is 1.65. The maximum Gasteiger partial charge on any atom is 0.343 e. The first-order valence-corrected chi connectivity index (χ1v) is 11.3. The van der Waals surface area contributed by atoms with E-state index in [1.54, 1.807) is 48.9 Å². The number of anilines is 1. The molecular weight excluding hydrogens is 442 g/mol. The van der Waals surface area contributed by atoms with Gasteiger partial charge in [-0.25, -0.2) is 9.78 Å². The van der Waals surface area contributed by atoms with Gasteiger partial charge < -0.3 is 14.2 Å². The Labute approximate surface area is 196 Å². The van der Waals surface area contributed by atoms with Crippen LogP contribution in [0.3, 0.4) is 0 Å². The van der Waals surface area contributed by atoms with E-state index in [1.807, 2.05) is 26.0 Å². The highest BCUT2D eigenvalue weighted by Crippen LogP contribution is 2.29. The van der Waals surface area contributed by atoms with Crippen LogP contribution in [0, 0.1) is 6.92 Å². The number of hydrazone groups is 1. The molecule has 2 aromatic carbocycles. The standard InChI is InChI=1S/C24H25N3O5S/c1-4-30-21-12-17(9-10-20(21)32-23(29)18-8-6-7-16(3)11-18)14-25-27-24-26-19(15-33-24)13-22(28)31-5-2/h6-12,14-15H,4-5,13H2,1-3H3,(H,26,27). The molecule has 1 N–H and O–H groups in total. The van der Waals surface area contributed by atoms with Crippen LogP contribution in [-0.4, -0.2) is 36.4 Å². The first-order valence-electron chi connectivity index (χ1n) is 10.4. The van der Waals surface area contributed by atoms with Crippen molar-refractivity contribution in [2.24, 2.45) is 5.10 Å². The van der Waals surface area contributed by atoms with Crippen molar-refractivity contribution >= 4 is 34.6 Å². The van der Waals surface area contributed by atoms with E-state index in [-0.39, 0.29) is 12.4 Å². The van der Waals surface area contributed by atoms with Crippen molar-refractivity contribution in [3.05, 3.63) is 70.2 Å². The van der Waals surface area contributed by atoms with Gasteiger partial charge >= 0.3 is 11.9 Å². The number of nitrogens with zero attached hydrogens (tertiary/aromatic N) is 2. The summed E-state index contributed by atoms with van der Waals surface area (Å²) in [4.78, 5) is 28.3. The Morgan fingerprint density at radius 2 is 1.97 bits per heavy atom. The monoisotopic (exact) mass is 467 g/mol. The Bertz CT molecular complexity index is 1140. The van der Waals surface area contributed by atoms with Gasteiger partial charge in [0.25, 0.3) is 0 Å². The number of thiazole rings is 1. The number of aromatic nitrogens is 1. The van der Waals surface area contributed by atoms with Crippen molar-refractivity contribution in [1.29, 1.82) is 0 Å². The van der Waals surface area contributed by atoms with E-state index >= 15 is 0 Å². The molecule has 0 spiro atoms. The Morgan fingerprint density at radius 3 is 2.73 bits per heavy atom. The van der Waals surface area contributed by atoms with Crippen LogP contribution in [-0.2, 0) is 16.0 Å². The lowest BCUT2D eigenvalue weighted by molar-refractivity contribution is -0.142. The minimum absolute atomic E-state index is 0.121. The van der Waals surface area contributed by atoms with Gasteiger partial charge in [-0.3, -0.25) is 10.2 Å². The zero-order valence-corrected chi connectivity index (χ0v) is 19.5. The normalized spacial score (nSPS) is 10.8. The van der Waals surface area contributed by atoms with Crippen molar-refractivity contribution in [2.45, 2.75) is 27.2 Å². The average molecular weight is 468 g/mol. The fraction of sp³-hybridized carbons (Fsp3) is 0.250. The lowest BCUT2D eigenvalue weighted by Crippen LogP contribution is -2.10. The second kappa shape index (κ2) is 11.8. The molecule has 0 saturated heterocycles. The highest BCUT2D eigenvalue weighted by atomic mass is 32.1. The molecule has 0 atom stereocenters. The van der Waals surface area contributed by atoms with E-state index in [1.165, 1.54) is 11.3 Å². The zero-order chi connectivity index (χ0) is 23.6. The topological polar surface area (TPSA) is 99.1 Å². The summed E-state index contributed by atoms with van der Waals surface area (Å²) in [5.41, 5.74) is 5.65. The molecule has 9 heteroatoms. The maximum atomic E-state index is 12.5. The third kappa shape index (κ3) is 7.15. The fourth-order valence-electron chi connectivity index (χ4n) is 2.85.